The number of nitrogens with two attached hydrogens (primary N) is 1. The molecule has 0 amide bonds. The summed E-state index contributed by atoms with van der Waals surface area (Å²) in [5.41, 5.74) is 6.73. The second-order valence-electron chi connectivity index (χ2n) is 3.22. The smallest absolute Gasteiger partial charge is 0.203 e. The van der Waals surface area contributed by atoms with Gasteiger partial charge in [0.25, 0.3) is 0 Å². The molecule has 0 bridgehead atoms. The van der Waals surface area contributed by atoms with Crippen molar-refractivity contribution in [1.82, 2.24) is 0 Å². The Morgan fingerprint density at radius 3 is 1.94 bits per heavy atom. The molecule has 0 aliphatic heterocycles. The molecular weight excluding hydrogens is 206 g/mol. The summed E-state index contributed by atoms with van der Waals surface area (Å²) in [6.07, 6.45) is 1.65. The van der Waals surface area contributed by atoms with Gasteiger partial charge in [0.15, 0.2) is 11.5 Å². The summed E-state index contributed by atoms with van der Waals surface area (Å²) in [7, 11) is 4.70. The fourth-order valence-corrected chi connectivity index (χ4v) is 1.43. The van der Waals surface area contributed by atoms with Gasteiger partial charge in [-0.1, -0.05) is 6.08 Å². The van der Waals surface area contributed by atoms with Gasteiger partial charge in [-0.15, -0.1) is 6.58 Å². The van der Waals surface area contributed by atoms with Crippen LogP contribution in [-0.4, -0.2) is 21.3 Å². The number of hydrogen-bond acceptors (Lipinski definition) is 4. The van der Waals surface area contributed by atoms with Crippen LogP contribution in [0.15, 0.2) is 24.8 Å². The highest BCUT2D eigenvalue weighted by Gasteiger charge is 2.14. The van der Waals surface area contributed by atoms with Crippen LogP contribution in [0.5, 0.6) is 17.2 Å². The lowest BCUT2D eigenvalue weighted by atomic mass is 10.1. The molecule has 1 aromatic rings. The van der Waals surface area contributed by atoms with E-state index in [9.17, 15) is 0 Å². The van der Waals surface area contributed by atoms with Gasteiger partial charge >= 0.3 is 0 Å². The summed E-state index contributed by atoms with van der Waals surface area (Å²) in [4.78, 5) is 0. The van der Waals surface area contributed by atoms with Gasteiger partial charge < -0.3 is 19.9 Å². The highest BCUT2D eigenvalue weighted by atomic mass is 16.5. The quantitative estimate of drug-likeness (QED) is 0.774. The van der Waals surface area contributed by atoms with Gasteiger partial charge in [-0.2, -0.15) is 0 Å². The minimum absolute atomic E-state index is 0.256. The van der Waals surface area contributed by atoms with Gasteiger partial charge in [0.05, 0.1) is 21.3 Å². The van der Waals surface area contributed by atoms with Gasteiger partial charge in [0.2, 0.25) is 5.75 Å². The van der Waals surface area contributed by atoms with E-state index in [1.54, 1.807) is 27.4 Å². The Bertz CT molecular complexity index is 352. The first-order chi connectivity index (χ1) is 7.67. The van der Waals surface area contributed by atoms with E-state index in [0.717, 1.165) is 5.56 Å². The third kappa shape index (κ3) is 2.28. The number of hydrogen-bond donors (Lipinski definition) is 1. The Labute approximate surface area is 95.6 Å². The fraction of sp³-hybridized carbons (Fsp3) is 0.333. The van der Waals surface area contributed by atoms with E-state index < -0.39 is 0 Å². The van der Waals surface area contributed by atoms with Crippen LogP contribution in [0, 0.1) is 0 Å². The molecule has 0 saturated carbocycles. The van der Waals surface area contributed by atoms with Crippen LogP contribution < -0.4 is 19.9 Å². The van der Waals surface area contributed by atoms with Crippen LogP contribution >= 0.6 is 0 Å². The molecule has 0 radical (unpaired) electrons. The van der Waals surface area contributed by atoms with E-state index in [0.29, 0.717) is 17.2 Å². The van der Waals surface area contributed by atoms with Crippen LogP contribution in [0.25, 0.3) is 0 Å². The summed E-state index contributed by atoms with van der Waals surface area (Å²) >= 11 is 0. The Balaban J connectivity index is 3.30. The van der Waals surface area contributed by atoms with Gasteiger partial charge in [-0.3, -0.25) is 0 Å². The predicted molar refractivity (Wildman–Crippen MR) is 63.2 cm³/mol. The maximum atomic E-state index is 5.86. The normalized spacial score (nSPS) is 11.8. The summed E-state index contributed by atoms with van der Waals surface area (Å²) in [6.45, 7) is 3.65. The highest BCUT2D eigenvalue weighted by Crippen LogP contribution is 2.39. The van der Waals surface area contributed by atoms with Crippen LogP contribution in [0.2, 0.25) is 0 Å². The van der Waals surface area contributed by atoms with Gasteiger partial charge in [-0.05, 0) is 17.7 Å². The molecule has 2 N–H and O–H groups in total. The van der Waals surface area contributed by atoms with Gasteiger partial charge in [-0.25, -0.2) is 0 Å². The molecule has 0 aliphatic carbocycles. The molecule has 0 fully saturated rings. The van der Waals surface area contributed by atoms with Crippen molar-refractivity contribution in [3.05, 3.63) is 30.4 Å². The first-order valence-corrected chi connectivity index (χ1v) is 4.86. The molecule has 16 heavy (non-hydrogen) atoms. The van der Waals surface area contributed by atoms with E-state index >= 15 is 0 Å². The van der Waals surface area contributed by atoms with Crippen molar-refractivity contribution in [2.45, 2.75) is 6.04 Å². The number of ether oxygens (including phenoxy) is 3. The molecule has 0 aliphatic rings. The minimum Gasteiger partial charge on any atom is -0.493 e. The number of rotatable bonds is 5. The zero-order valence-corrected chi connectivity index (χ0v) is 9.82. The number of methoxy groups -OCH3 is 3. The molecule has 0 saturated heterocycles. The Morgan fingerprint density at radius 2 is 1.62 bits per heavy atom. The van der Waals surface area contributed by atoms with Crippen molar-refractivity contribution >= 4 is 0 Å². The van der Waals surface area contributed by atoms with Crippen molar-refractivity contribution < 1.29 is 14.2 Å². The average molecular weight is 223 g/mol. The highest BCUT2D eigenvalue weighted by molar-refractivity contribution is 5.54. The Hall–Kier alpha value is -1.68. The molecule has 1 atom stereocenters. The maximum Gasteiger partial charge on any atom is 0.203 e. The second-order valence-corrected chi connectivity index (χ2v) is 3.22. The van der Waals surface area contributed by atoms with Crippen molar-refractivity contribution in [3.63, 3.8) is 0 Å². The lowest BCUT2D eigenvalue weighted by Crippen LogP contribution is -2.07. The van der Waals surface area contributed by atoms with Gasteiger partial charge in [0, 0.05) is 6.04 Å². The molecule has 0 aromatic heterocycles. The summed E-state index contributed by atoms with van der Waals surface area (Å²) in [6, 6.07) is 3.37. The lowest BCUT2D eigenvalue weighted by molar-refractivity contribution is 0.323. The first-order valence-electron chi connectivity index (χ1n) is 4.86. The molecule has 1 aromatic carbocycles. The SMILES string of the molecule is C=CC(N)c1cc(OC)c(OC)c(OC)c1. The van der Waals surface area contributed by atoms with E-state index in [-0.39, 0.29) is 6.04 Å². The third-order valence-corrected chi connectivity index (χ3v) is 2.33. The topological polar surface area (TPSA) is 53.7 Å². The van der Waals surface area contributed by atoms with E-state index in [4.69, 9.17) is 19.9 Å². The molecule has 0 heterocycles. The molecule has 1 unspecified atom stereocenters. The zero-order chi connectivity index (χ0) is 12.1. The van der Waals surface area contributed by atoms with E-state index in [1.165, 1.54) is 0 Å². The molecule has 4 heteroatoms. The molecule has 4 nitrogen and oxygen atoms in total. The lowest BCUT2D eigenvalue weighted by Gasteiger charge is -2.15. The maximum absolute atomic E-state index is 5.86. The Kier molecular flexibility index (Phi) is 4.19. The summed E-state index contributed by atoms with van der Waals surface area (Å²) in [5.74, 6) is 1.74. The average Bonchev–Trinajstić information content (AvgIpc) is 2.35. The van der Waals surface area contributed by atoms with Crippen LogP contribution in [0.3, 0.4) is 0 Å². The van der Waals surface area contributed by atoms with Crippen molar-refractivity contribution in [2.24, 2.45) is 5.73 Å². The molecule has 1 rings (SSSR count). The third-order valence-electron chi connectivity index (χ3n) is 2.33. The van der Waals surface area contributed by atoms with Crippen LogP contribution in [0.1, 0.15) is 11.6 Å². The van der Waals surface area contributed by atoms with Crippen molar-refractivity contribution in [1.29, 1.82) is 0 Å². The van der Waals surface area contributed by atoms with Gasteiger partial charge in [0.1, 0.15) is 0 Å². The largest absolute Gasteiger partial charge is 0.493 e. The van der Waals surface area contributed by atoms with Crippen molar-refractivity contribution in [3.8, 4) is 17.2 Å². The minimum atomic E-state index is -0.256. The van der Waals surface area contributed by atoms with E-state index in [2.05, 4.69) is 6.58 Å². The summed E-state index contributed by atoms with van der Waals surface area (Å²) < 4.78 is 15.6. The summed E-state index contributed by atoms with van der Waals surface area (Å²) in [5, 5.41) is 0. The standard InChI is InChI=1S/C12H17NO3/c1-5-9(13)8-6-10(14-2)12(16-4)11(7-8)15-3/h5-7,9H,1,13H2,2-4H3. The molecule has 0 spiro atoms. The van der Waals surface area contributed by atoms with Crippen molar-refractivity contribution in [2.75, 3.05) is 21.3 Å². The van der Waals surface area contributed by atoms with E-state index in [1.807, 2.05) is 12.1 Å². The first kappa shape index (κ1) is 12.4. The second kappa shape index (κ2) is 5.42. The zero-order valence-electron chi connectivity index (χ0n) is 9.82. The van der Waals surface area contributed by atoms with Crippen LogP contribution in [0.4, 0.5) is 0 Å². The predicted octanol–water partition coefficient (Wildman–Crippen LogP) is 1.90. The fourth-order valence-electron chi connectivity index (χ4n) is 1.43. The molecule has 88 valence electrons. The number of benzene rings is 1. The molecular formula is C12H17NO3. The Morgan fingerprint density at radius 1 is 1.12 bits per heavy atom. The monoisotopic (exact) mass is 223 g/mol. The van der Waals surface area contributed by atoms with Crippen LogP contribution in [-0.2, 0) is 0 Å².